The SMILES string of the molecule is N[C@@H](C(=O)O)[C@@H](I)c1ccc(Oc2ccc(O)c(I)c2)cc1I. The molecule has 0 aliphatic heterocycles. The van der Waals surface area contributed by atoms with Crippen LogP contribution in [0.2, 0.25) is 0 Å². The minimum atomic E-state index is -1.03. The quantitative estimate of drug-likeness (QED) is 0.332. The van der Waals surface area contributed by atoms with Gasteiger partial charge in [-0.05, 0) is 81.1 Å². The van der Waals surface area contributed by atoms with E-state index in [4.69, 9.17) is 15.6 Å². The van der Waals surface area contributed by atoms with E-state index in [9.17, 15) is 9.90 Å². The zero-order valence-corrected chi connectivity index (χ0v) is 18.0. The van der Waals surface area contributed by atoms with Crippen LogP contribution in [0.4, 0.5) is 0 Å². The summed E-state index contributed by atoms with van der Waals surface area (Å²) in [4.78, 5) is 11.0. The van der Waals surface area contributed by atoms with Crippen molar-refractivity contribution < 1.29 is 19.7 Å². The third kappa shape index (κ3) is 4.82. The number of aromatic hydroxyl groups is 1. The lowest BCUT2D eigenvalue weighted by Gasteiger charge is -2.17. The van der Waals surface area contributed by atoms with Crippen LogP contribution in [0.25, 0.3) is 0 Å². The molecule has 0 aliphatic rings. The molecule has 0 heterocycles. The van der Waals surface area contributed by atoms with Crippen molar-refractivity contribution in [3.63, 3.8) is 0 Å². The highest BCUT2D eigenvalue weighted by molar-refractivity contribution is 14.1. The number of carboxylic acids is 1. The highest BCUT2D eigenvalue weighted by atomic mass is 127. The average Bonchev–Trinajstić information content (AvgIpc) is 2.49. The lowest BCUT2D eigenvalue weighted by Crippen LogP contribution is -2.34. The van der Waals surface area contributed by atoms with Gasteiger partial charge < -0.3 is 20.7 Å². The van der Waals surface area contributed by atoms with Crippen LogP contribution >= 0.6 is 67.8 Å². The first kappa shape index (κ1) is 19.0. The molecule has 0 saturated carbocycles. The van der Waals surface area contributed by atoms with Gasteiger partial charge in [0.2, 0.25) is 0 Å². The number of carbonyl (C=O) groups is 1. The monoisotopic (exact) mass is 651 g/mol. The van der Waals surface area contributed by atoms with Crippen molar-refractivity contribution in [2.24, 2.45) is 5.73 Å². The Morgan fingerprint density at radius 1 is 1.09 bits per heavy atom. The summed E-state index contributed by atoms with van der Waals surface area (Å²) in [5.41, 5.74) is 6.54. The third-order valence-corrected chi connectivity index (χ3v) is 6.27. The fourth-order valence-corrected chi connectivity index (χ4v) is 4.56. The van der Waals surface area contributed by atoms with Crippen LogP contribution in [0.1, 0.15) is 9.49 Å². The summed E-state index contributed by atoms with van der Waals surface area (Å²) >= 11 is 6.20. The van der Waals surface area contributed by atoms with Gasteiger partial charge in [0, 0.05) is 3.57 Å². The number of hydrogen-bond acceptors (Lipinski definition) is 4. The molecule has 0 aliphatic carbocycles. The number of hydrogen-bond donors (Lipinski definition) is 3. The highest BCUT2D eigenvalue weighted by Gasteiger charge is 2.25. The standard InChI is InChI=1S/C15H12I3NO4/c16-10-5-7(23-8-2-4-12(20)11(17)6-8)1-3-9(10)13(18)14(19)15(21)22/h1-6,13-14,20H,19H2,(H,21,22)/t13-,14+/m0/s1. The Morgan fingerprint density at radius 2 is 1.65 bits per heavy atom. The average molecular weight is 651 g/mol. The minimum absolute atomic E-state index is 0.207. The predicted octanol–water partition coefficient (Wildman–Crippen LogP) is 4.28. The molecule has 122 valence electrons. The molecule has 0 amide bonds. The van der Waals surface area contributed by atoms with Crippen LogP contribution in [0.15, 0.2) is 36.4 Å². The summed E-state index contributed by atoms with van der Waals surface area (Å²) in [5.74, 6) is 0.425. The normalized spacial score (nSPS) is 13.4. The predicted molar refractivity (Wildman–Crippen MR) is 112 cm³/mol. The zero-order chi connectivity index (χ0) is 17.1. The van der Waals surface area contributed by atoms with Gasteiger partial charge in [0.05, 0.1) is 7.49 Å². The number of aliphatic carboxylic acids is 1. The maximum Gasteiger partial charge on any atom is 0.321 e. The van der Waals surface area contributed by atoms with E-state index < -0.39 is 12.0 Å². The summed E-state index contributed by atoms with van der Waals surface area (Å²) in [6.07, 6.45) is 0. The first-order valence-electron chi connectivity index (χ1n) is 6.38. The molecule has 0 saturated heterocycles. The van der Waals surface area contributed by atoms with E-state index in [1.54, 1.807) is 24.3 Å². The fraction of sp³-hybridized carbons (Fsp3) is 0.133. The Morgan fingerprint density at radius 3 is 2.17 bits per heavy atom. The summed E-state index contributed by atoms with van der Waals surface area (Å²) < 4.78 is 7.01. The number of benzene rings is 2. The molecule has 0 fully saturated rings. The van der Waals surface area contributed by atoms with Crippen molar-refractivity contribution in [2.75, 3.05) is 0 Å². The van der Waals surface area contributed by atoms with Crippen molar-refractivity contribution in [2.45, 2.75) is 9.97 Å². The maximum atomic E-state index is 11.0. The van der Waals surface area contributed by atoms with E-state index >= 15 is 0 Å². The lowest BCUT2D eigenvalue weighted by atomic mass is 10.1. The lowest BCUT2D eigenvalue weighted by molar-refractivity contribution is -0.138. The molecule has 8 heteroatoms. The Balaban J connectivity index is 2.21. The van der Waals surface area contributed by atoms with E-state index in [0.29, 0.717) is 15.1 Å². The number of nitrogens with two attached hydrogens (primary N) is 1. The largest absolute Gasteiger partial charge is 0.507 e. The Kier molecular flexibility index (Phi) is 6.74. The van der Waals surface area contributed by atoms with Crippen molar-refractivity contribution in [1.29, 1.82) is 0 Å². The van der Waals surface area contributed by atoms with E-state index in [0.717, 1.165) is 9.13 Å². The second-order valence-corrected chi connectivity index (χ2v) is 8.33. The number of ether oxygens (including phenoxy) is 1. The highest BCUT2D eigenvalue weighted by Crippen LogP contribution is 2.34. The molecule has 2 rings (SSSR count). The van der Waals surface area contributed by atoms with Gasteiger partial charge in [0.15, 0.2) is 0 Å². The molecular weight excluding hydrogens is 639 g/mol. The van der Waals surface area contributed by atoms with Crippen LogP contribution in [0.3, 0.4) is 0 Å². The molecule has 2 aromatic carbocycles. The minimum Gasteiger partial charge on any atom is -0.507 e. The van der Waals surface area contributed by atoms with Crippen molar-refractivity contribution in [3.05, 3.63) is 49.1 Å². The zero-order valence-electron chi connectivity index (χ0n) is 11.5. The molecular formula is C15H12I3NO4. The van der Waals surface area contributed by atoms with Gasteiger partial charge in [-0.15, -0.1) is 0 Å². The molecule has 4 N–H and O–H groups in total. The number of carboxylic acid groups (broad SMARTS) is 1. The number of alkyl halides is 1. The molecule has 0 radical (unpaired) electrons. The van der Waals surface area contributed by atoms with E-state index in [1.807, 2.05) is 57.3 Å². The van der Waals surface area contributed by atoms with Crippen LogP contribution in [0.5, 0.6) is 17.2 Å². The topological polar surface area (TPSA) is 92.8 Å². The van der Waals surface area contributed by atoms with E-state index in [2.05, 4.69) is 22.6 Å². The third-order valence-electron chi connectivity index (χ3n) is 3.02. The van der Waals surface area contributed by atoms with E-state index in [1.165, 1.54) is 0 Å². The second-order valence-electron chi connectivity index (χ2n) is 4.66. The van der Waals surface area contributed by atoms with Crippen molar-refractivity contribution >= 4 is 73.7 Å². The molecule has 0 unspecified atom stereocenters. The van der Waals surface area contributed by atoms with Gasteiger partial charge in [0.25, 0.3) is 0 Å². The van der Waals surface area contributed by atoms with Gasteiger partial charge in [-0.2, -0.15) is 0 Å². The number of phenols is 1. The van der Waals surface area contributed by atoms with Crippen LogP contribution < -0.4 is 10.5 Å². The van der Waals surface area contributed by atoms with Gasteiger partial charge in [-0.25, -0.2) is 0 Å². The van der Waals surface area contributed by atoms with Gasteiger partial charge >= 0.3 is 5.97 Å². The van der Waals surface area contributed by atoms with Gasteiger partial charge in [-0.1, -0.05) is 28.7 Å². The van der Waals surface area contributed by atoms with Crippen molar-refractivity contribution in [3.8, 4) is 17.2 Å². The van der Waals surface area contributed by atoms with Crippen LogP contribution in [-0.4, -0.2) is 22.2 Å². The Labute approximate surface area is 174 Å². The second kappa shape index (κ2) is 8.16. The number of phenolic OH excluding ortho intramolecular Hbond substituents is 1. The molecule has 0 bridgehead atoms. The molecule has 2 atom stereocenters. The molecule has 5 nitrogen and oxygen atoms in total. The number of rotatable bonds is 5. The smallest absolute Gasteiger partial charge is 0.321 e. The van der Waals surface area contributed by atoms with E-state index in [-0.39, 0.29) is 9.67 Å². The van der Waals surface area contributed by atoms with Crippen molar-refractivity contribution in [1.82, 2.24) is 0 Å². The Bertz CT molecular complexity index is 739. The Hall–Kier alpha value is -0.340. The molecule has 2 aromatic rings. The summed E-state index contributed by atoms with van der Waals surface area (Å²) in [6, 6.07) is 9.45. The molecule has 0 aromatic heterocycles. The van der Waals surface area contributed by atoms with Crippen LogP contribution in [0, 0.1) is 7.14 Å². The fourth-order valence-electron chi connectivity index (χ4n) is 1.80. The van der Waals surface area contributed by atoms with Crippen LogP contribution in [-0.2, 0) is 4.79 Å². The molecule has 0 spiro atoms. The summed E-state index contributed by atoms with van der Waals surface area (Å²) in [6.45, 7) is 0. The van der Waals surface area contributed by atoms with Gasteiger partial charge in [0.1, 0.15) is 23.3 Å². The molecule has 23 heavy (non-hydrogen) atoms. The van der Waals surface area contributed by atoms with Gasteiger partial charge in [-0.3, -0.25) is 4.79 Å². The summed E-state index contributed by atoms with van der Waals surface area (Å²) in [5, 5.41) is 18.5. The first-order chi connectivity index (χ1) is 10.8. The first-order valence-corrected chi connectivity index (χ1v) is 9.78. The summed E-state index contributed by atoms with van der Waals surface area (Å²) in [7, 11) is 0. The maximum absolute atomic E-state index is 11.0. The number of halogens is 3.